The minimum absolute atomic E-state index is 0.000428. The van der Waals surface area contributed by atoms with Gasteiger partial charge >= 0.3 is 0 Å². The van der Waals surface area contributed by atoms with Gasteiger partial charge in [0, 0.05) is 38.3 Å². The zero-order chi connectivity index (χ0) is 21.5. The van der Waals surface area contributed by atoms with Crippen molar-refractivity contribution < 1.29 is 19.0 Å². The van der Waals surface area contributed by atoms with Crippen LogP contribution in [0.1, 0.15) is 12.0 Å². The number of amides is 1. The van der Waals surface area contributed by atoms with E-state index in [4.69, 9.17) is 14.2 Å². The molecule has 0 aromatic heterocycles. The molecule has 2 fully saturated rings. The molecule has 2 aliphatic rings. The first-order valence-corrected chi connectivity index (χ1v) is 11.0. The smallest absolute Gasteiger partial charge is 0.224 e. The van der Waals surface area contributed by atoms with Crippen LogP contribution in [0, 0.1) is 0 Å². The number of para-hydroxylation sites is 1. The topological polar surface area (TPSA) is 63.3 Å². The highest BCUT2D eigenvalue weighted by atomic mass is 16.5. The molecule has 2 aliphatic heterocycles. The van der Waals surface area contributed by atoms with Gasteiger partial charge in [0.15, 0.2) is 0 Å². The van der Waals surface area contributed by atoms with Gasteiger partial charge in [-0.2, -0.15) is 0 Å². The Hall–Kier alpha value is -2.77. The normalized spacial score (nSPS) is 16.8. The molecular weight excluding hydrogens is 394 g/mol. The van der Waals surface area contributed by atoms with E-state index in [1.54, 1.807) is 7.11 Å². The second kappa shape index (κ2) is 10.5. The summed E-state index contributed by atoms with van der Waals surface area (Å²) in [5.74, 6) is 0.818. The first kappa shape index (κ1) is 21.5. The summed E-state index contributed by atoms with van der Waals surface area (Å²) in [6.07, 6.45) is 1.03. The van der Waals surface area contributed by atoms with Gasteiger partial charge in [-0.1, -0.05) is 18.2 Å². The molecule has 2 aromatic carbocycles. The van der Waals surface area contributed by atoms with E-state index in [1.807, 2.05) is 30.3 Å². The van der Waals surface area contributed by atoms with Gasteiger partial charge in [-0.15, -0.1) is 0 Å². The first-order chi connectivity index (χ1) is 15.2. The Kier molecular flexibility index (Phi) is 7.27. The lowest BCUT2D eigenvalue weighted by Gasteiger charge is -2.33. The number of ether oxygens (including phenoxy) is 3. The summed E-state index contributed by atoms with van der Waals surface area (Å²) < 4.78 is 16.4. The van der Waals surface area contributed by atoms with Crippen molar-refractivity contribution in [1.82, 2.24) is 0 Å². The summed E-state index contributed by atoms with van der Waals surface area (Å²) in [6.45, 7) is 6.28. The van der Waals surface area contributed by atoms with E-state index in [0.717, 1.165) is 67.8 Å². The highest BCUT2D eigenvalue weighted by molar-refractivity contribution is 5.95. The summed E-state index contributed by atoms with van der Waals surface area (Å²) in [6, 6.07) is 14.1. The van der Waals surface area contributed by atoms with E-state index in [9.17, 15) is 4.79 Å². The number of benzene rings is 2. The minimum Gasteiger partial charge on any atom is -0.496 e. The highest BCUT2D eigenvalue weighted by Crippen LogP contribution is 2.32. The molecule has 1 amide bonds. The molecule has 166 valence electrons. The monoisotopic (exact) mass is 425 g/mol. The van der Waals surface area contributed by atoms with Crippen molar-refractivity contribution in [3.05, 3.63) is 48.0 Å². The standard InChI is InChI=1S/C24H31N3O4/c1-29-23-5-3-2-4-19(23)6-9-24(28)25-21-8-7-20(26-10-14-30-15-11-26)18-22(21)27-12-16-31-17-13-27/h2-5,7-8,18H,6,9-17H2,1H3,(H,25,28). The number of hydrogen-bond acceptors (Lipinski definition) is 6. The number of morpholine rings is 2. The molecule has 1 N–H and O–H groups in total. The van der Waals surface area contributed by atoms with Crippen LogP contribution in [0.25, 0.3) is 0 Å². The van der Waals surface area contributed by atoms with Gasteiger partial charge in [0.1, 0.15) is 5.75 Å². The van der Waals surface area contributed by atoms with Crippen LogP contribution >= 0.6 is 0 Å². The molecule has 7 nitrogen and oxygen atoms in total. The van der Waals surface area contributed by atoms with E-state index in [2.05, 4.69) is 27.2 Å². The van der Waals surface area contributed by atoms with Gasteiger partial charge in [0.25, 0.3) is 0 Å². The number of rotatable bonds is 7. The van der Waals surface area contributed by atoms with Crippen LogP contribution in [0.4, 0.5) is 17.1 Å². The summed E-state index contributed by atoms with van der Waals surface area (Å²) in [5.41, 5.74) is 4.11. The van der Waals surface area contributed by atoms with Gasteiger partial charge in [0.2, 0.25) is 5.91 Å². The molecule has 2 aromatic rings. The van der Waals surface area contributed by atoms with Gasteiger partial charge < -0.3 is 29.3 Å². The van der Waals surface area contributed by atoms with Gasteiger partial charge in [-0.25, -0.2) is 0 Å². The van der Waals surface area contributed by atoms with Crippen molar-refractivity contribution >= 4 is 23.0 Å². The lowest BCUT2D eigenvalue weighted by molar-refractivity contribution is -0.116. The van der Waals surface area contributed by atoms with E-state index in [1.165, 1.54) is 0 Å². The van der Waals surface area contributed by atoms with Crippen molar-refractivity contribution in [3.63, 3.8) is 0 Å². The third kappa shape index (κ3) is 5.48. The highest BCUT2D eigenvalue weighted by Gasteiger charge is 2.19. The molecule has 2 heterocycles. The number of nitrogens with zero attached hydrogens (tertiary/aromatic N) is 2. The first-order valence-electron chi connectivity index (χ1n) is 11.0. The molecule has 31 heavy (non-hydrogen) atoms. The number of aryl methyl sites for hydroxylation is 1. The molecule has 0 radical (unpaired) electrons. The minimum atomic E-state index is -0.000428. The maximum Gasteiger partial charge on any atom is 0.224 e. The second-order valence-corrected chi connectivity index (χ2v) is 7.76. The van der Waals surface area contributed by atoms with Crippen LogP contribution in [0.3, 0.4) is 0 Å². The Morgan fingerprint density at radius 3 is 2.35 bits per heavy atom. The largest absolute Gasteiger partial charge is 0.496 e. The number of carbonyl (C=O) groups excluding carboxylic acids is 1. The fraction of sp³-hybridized carbons (Fsp3) is 0.458. The number of hydrogen-bond donors (Lipinski definition) is 1. The zero-order valence-electron chi connectivity index (χ0n) is 18.1. The molecule has 0 unspecified atom stereocenters. The molecule has 2 saturated heterocycles. The Balaban J connectivity index is 1.48. The van der Waals surface area contributed by atoms with Crippen LogP contribution < -0.4 is 19.9 Å². The van der Waals surface area contributed by atoms with Gasteiger partial charge in [0.05, 0.1) is 44.9 Å². The molecule has 7 heteroatoms. The molecule has 0 bridgehead atoms. The fourth-order valence-corrected chi connectivity index (χ4v) is 4.08. The van der Waals surface area contributed by atoms with Crippen LogP contribution in [0.5, 0.6) is 5.75 Å². The van der Waals surface area contributed by atoms with Crippen molar-refractivity contribution in [1.29, 1.82) is 0 Å². The average molecular weight is 426 g/mol. The average Bonchev–Trinajstić information content (AvgIpc) is 2.84. The quantitative estimate of drug-likeness (QED) is 0.736. The molecular formula is C24H31N3O4. The Bertz CT molecular complexity index is 877. The van der Waals surface area contributed by atoms with Gasteiger partial charge in [-0.3, -0.25) is 4.79 Å². The van der Waals surface area contributed by atoms with Crippen LogP contribution in [-0.2, 0) is 20.7 Å². The van der Waals surface area contributed by atoms with Crippen molar-refractivity contribution in [2.45, 2.75) is 12.8 Å². The molecule has 0 saturated carbocycles. The summed E-state index contributed by atoms with van der Waals surface area (Å²) in [5, 5.41) is 3.14. The van der Waals surface area contributed by atoms with Crippen LogP contribution in [0.2, 0.25) is 0 Å². The lowest BCUT2D eigenvalue weighted by atomic mass is 10.1. The predicted octanol–water partition coefficient (Wildman–Crippen LogP) is 2.94. The number of carbonyl (C=O) groups is 1. The second-order valence-electron chi connectivity index (χ2n) is 7.76. The van der Waals surface area contributed by atoms with Crippen LogP contribution in [-0.4, -0.2) is 65.6 Å². The Labute approximate surface area is 183 Å². The summed E-state index contributed by atoms with van der Waals surface area (Å²) in [7, 11) is 1.66. The third-order valence-corrected chi connectivity index (χ3v) is 5.80. The zero-order valence-corrected chi connectivity index (χ0v) is 18.1. The summed E-state index contributed by atoms with van der Waals surface area (Å²) in [4.78, 5) is 17.4. The van der Waals surface area contributed by atoms with Crippen molar-refractivity contribution in [3.8, 4) is 5.75 Å². The van der Waals surface area contributed by atoms with Crippen molar-refractivity contribution in [2.24, 2.45) is 0 Å². The maximum atomic E-state index is 12.8. The molecule has 0 spiro atoms. The predicted molar refractivity (Wildman–Crippen MR) is 122 cm³/mol. The SMILES string of the molecule is COc1ccccc1CCC(=O)Nc1ccc(N2CCOCC2)cc1N1CCOCC1. The lowest BCUT2D eigenvalue weighted by Crippen LogP contribution is -2.38. The van der Waals surface area contributed by atoms with E-state index >= 15 is 0 Å². The molecule has 0 atom stereocenters. The van der Waals surface area contributed by atoms with E-state index < -0.39 is 0 Å². The fourth-order valence-electron chi connectivity index (χ4n) is 4.08. The Morgan fingerprint density at radius 1 is 0.968 bits per heavy atom. The van der Waals surface area contributed by atoms with Crippen LogP contribution in [0.15, 0.2) is 42.5 Å². The maximum absolute atomic E-state index is 12.8. The Morgan fingerprint density at radius 2 is 1.65 bits per heavy atom. The number of methoxy groups -OCH3 is 1. The molecule has 0 aliphatic carbocycles. The van der Waals surface area contributed by atoms with Crippen molar-refractivity contribution in [2.75, 3.05) is 74.8 Å². The van der Waals surface area contributed by atoms with E-state index in [-0.39, 0.29) is 5.91 Å². The van der Waals surface area contributed by atoms with Gasteiger partial charge in [-0.05, 0) is 36.2 Å². The number of anilines is 3. The summed E-state index contributed by atoms with van der Waals surface area (Å²) >= 11 is 0. The molecule has 4 rings (SSSR count). The number of nitrogens with one attached hydrogen (secondary N) is 1. The van der Waals surface area contributed by atoms with E-state index in [0.29, 0.717) is 26.1 Å². The third-order valence-electron chi connectivity index (χ3n) is 5.80.